The maximum atomic E-state index is 13.5. The van der Waals surface area contributed by atoms with Gasteiger partial charge in [0, 0.05) is 18.7 Å². The predicted molar refractivity (Wildman–Crippen MR) is 77.5 cm³/mol. The zero-order valence-electron chi connectivity index (χ0n) is 12.1. The third-order valence-corrected chi connectivity index (χ3v) is 4.23. The van der Waals surface area contributed by atoms with Crippen molar-refractivity contribution in [1.82, 2.24) is 14.9 Å². The van der Waals surface area contributed by atoms with E-state index in [0.717, 1.165) is 13.0 Å². The van der Waals surface area contributed by atoms with Crippen molar-refractivity contribution in [2.75, 3.05) is 34.2 Å². The predicted octanol–water partition coefficient (Wildman–Crippen LogP) is 0.775. The summed E-state index contributed by atoms with van der Waals surface area (Å²) in [5.41, 5.74) is 0.337. The molecule has 0 radical (unpaired) electrons. The minimum atomic E-state index is -3.58. The van der Waals surface area contributed by atoms with Crippen molar-refractivity contribution in [2.24, 2.45) is 0 Å². The van der Waals surface area contributed by atoms with E-state index >= 15 is 0 Å². The molecule has 0 saturated heterocycles. The van der Waals surface area contributed by atoms with E-state index in [2.05, 4.69) is 10.0 Å². The molecular formula is C13H22FN3O2S. The average molecular weight is 303 g/mol. The molecule has 7 heteroatoms. The second kappa shape index (κ2) is 7.68. The van der Waals surface area contributed by atoms with Crippen LogP contribution in [0.4, 0.5) is 4.39 Å². The van der Waals surface area contributed by atoms with Gasteiger partial charge in [-0.1, -0.05) is 0 Å². The molecular weight excluding hydrogens is 281 g/mol. The molecule has 114 valence electrons. The van der Waals surface area contributed by atoms with Crippen LogP contribution in [0.15, 0.2) is 23.1 Å². The van der Waals surface area contributed by atoms with Crippen LogP contribution in [0.1, 0.15) is 12.0 Å². The number of nitrogens with zero attached hydrogens (tertiary/aromatic N) is 1. The van der Waals surface area contributed by atoms with Crippen molar-refractivity contribution in [1.29, 1.82) is 0 Å². The summed E-state index contributed by atoms with van der Waals surface area (Å²) in [6.45, 7) is 1.45. The standard InChI is InChI=1S/C13H22FN3O2S/c1-15-10-11-9-12(5-6-13(11)14)20(18,19)16-7-4-8-17(2)3/h5-6,9,15-16H,4,7-8,10H2,1-3H3. The molecule has 1 aromatic carbocycles. The monoisotopic (exact) mass is 303 g/mol. The highest BCUT2D eigenvalue weighted by Crippen LogP contribution is 2.15. The van der Waals surface area contributed by atoms with Crippen LogP contribution in [0.25, 0.3) is 0 Å². The van der Waals surface area contributed by atoms with Gasteiger partial charge in [0.1, 0.15) is 5.82 Å². The van der Waals surface area contributed by atoms with Crippen molar-refractivity contribution in [3.63, 3.8) is 0 Å². The Kier molecular flexibility index (Phi) is 6.54. The molecule has 2 N–H and O–H groups in total. The normalized spacial score (nSPS) is 12.1. The summed E-state index contributed by atoms with van der Waals surface area (Å²) in [5.74, 6) is -0.411. The summed E-state index contributed by atoms with van der Waals surface area (Å²) < 4.78 is 40.2. The molecule has 1 rings (SSSR count). The molecule has 5 nitrogen and oxygen atoms in total. The number of hydrogen-bond donors (Lipinski definition) is 2. The van der Waals surface area contributed by atoms with Crippen LogP contribution in [0, 0.1) is 5.82 Å². The lowest BCUT2D eigenvalue weighted by atomic mass is 10.2. The van der Waals surface area contributed by atoms with Crippen molar-refractivity contribution in [2.45, 2.75) is 17.9 Å². The van der Waals surface area contributed by atoms with E-state index in [9.17, 15) is 12.8 Å². The molecule has 0 aliphatic heterocycles. The molecule has 0 aliphatic rings. The third kappa shape index (κ3) is 5.16. The first-order chi connectivity index (χ1) is 9.36. The maximum absolute atomic E-state index is 13.5. The smallest absolute Gasteiger partial charge is 0.240 e. The van der Waals surface area contributed by atoms with Crippen LogP contribution in [-0.2, 0) is 16.6 Å². The molecule has 0 aromatic heterocycles. The van der Waals surface area contributed by atoms with E-state index in [4.69, 9.17) is 0 Å². The zero-order chi connectivity index (χ0) is 15.2. The first kappa shape index (κ1) is 17.0. The van der Waals surface area contributed by atoms with Gasteiger partial charge in [-0.3, -0.25) is 0 Å². The van der Waals surface area contributed by atoms with Gasteiger partial charge < -0.3 is 10.2 Å². The second-order valence-electron chi connectivity index (χ2n) is 4.84. The molecule has 0 amide bonds. The lowest BCUT2D eigenvalue weighted by molar-refractivity contribution is 0.400. The number of halogens is 1. The number of rotatable bonds is 8. The molecule has 0 saturated carbocycles. The van der Waals surface area contributed by atoms with Crippen LogP contribution in [0.2, 0.25) is 0 Å². The minimum Gasteiger partial charge on any atom is -0.316 e. The quantitative estimate of drug-likeness (QED) is 0.697. The topological polar surface area (TPSA) is 61.4 Å². The highest BCUT2D eigenvalue weighted by atomic mass is 32.2. The van der Waals surface area contributed by atoms with Gasteiger partial charge >= 0.3 is 0 Å². The van der Waals surface area contributed by atoms with E-state index in [1.54, 1.807) is 7.05 Å². The van der Waals surface area contributed by atoms with Gasteiger partial charge in [-0.25, -0.2) is 17.5 Å². The van der Waals surface area contributed by atoms with Crippen molar-refractivity contribution >= 4 is 10.0 Å². The number of nitrogens with one attached hydrogen (secondary N) is 2. The highest BCUT2D eigenvalue weighted by Gasteiger charge is 2.15. The Morgan fingerprint density at radius 1 is 1.30 bits per heavy atom. The SMILES string of the molecule is CNCc1cc(S(=O)(=O)NCCCN(C)C)ccc1F. The van der Waals surface area contributed by atoms with Gasteiger partial charge in [0.25, 0.3) is 0 Å². The molecule has 0 fully saturated rings. The van der Waals surface area contributed by atoms with Crippen LogP contribution in [0.3, 0.4) is 0 Å². The Balaban J connectivity index is 2.74. The lowest BCUT2D eigenvalue weighted by Gasteiger charge is -2.11. The number of sulfonamides is 1. The molecule has 0 aliphatic carbocycles. The van der Waals surface area contributed by atoms with E-state index in [1.165, 1.54) is 18.2 Å². The molecule has 1 aromatic rings. The summed E-state index contributed by atoms with van der Waals surface area (Å²) in [6.07, 6.45) is 0.719. The summed E-state index contributed by atoms with van der Waals surface area (Å²) in [7, 11) is 1.96. The Labute approximate surface area is 120 Å². The van der Waals surface area contributed by atoms with Crippen LogP contribution in [0.5, 0.6) is 0 Å². The van der Waals surface area contributed by atoms with Crippen LogP contribution in [-0.4, -0.2) is 47.6 Å². The van der Waals surface area contributed by atoms with E-state index in [1.807, 2.05) is 19.0 Å². The third-order valence-electron chi connectivity index (χ3n) is 2.77. The van der Waals surface area contributed by atoms with Crippen molar-refractivity contribution < 1.29 is 12.8 Å². The number of benzene rings is 1. The molecule has 0 spiro atoms. The fraction of sp³-hybridized carbons (Fsp3) is 0.538. The maximum Gasteiger partial charge on any atom is 0.240 e. The molecule has 0 heterocycles. The minimum absolute atomic E-state index is 0.0917. The van der Waals surface area contributed by atoms with Gasteiger partial charge in [-0.05, 0) is 52.3 Å². The summed E-state index contributed by atoms with van der Waals surface area (Å²) in [5, 5.41) is 2.81. The fourth-order valence-electron chi connectivity index (χ4n) is 1.73. The van der Waals surface area contributed by atoms with Crippen LogP contribution < -0.4 is 10.0 Å². The summed E-state index contributed by atoms with van der Waals surface area (Å²) in [4.78, 5) is 2.08. The fourth-order valence-corrected chi connectivity index (χ4v) is 2.85. The zero-order valence-corrected chi connectivity index (χ0v) is 12.9. The first-order valence-corrected chi connectivity index (χ1v) is 7.92. The van der Waals surface area contributed by atoms with Gasteiger partial charge in [0.15, 0.2) is 0 Å². The van der Waals surface area contributed by atoms with Gasteiger partial charge in [-0.15, -0.1) is 0 Å². The van der Waals surface area contributed by atoms with Crippen molar-refractivity contribution in [3.05, 3.63) is 29.6 Å². The van der Waals surface area contributed by atoms with Gasteiger partial charge in [-0.2, -0.15) is 0 Å². The van der Waals surface area contributed by atoms with Gasteiger partial charge in [0.05, 0.1) is 4.90 Å². The van der Waals surface area contributed by atoms with E-state index in [-0.39, 0.29) is 11.4 Å². The molecule has 0 unspecified atom stereocenters. The Morgan fingerprint density at radius 3 is 2.60 bits per heavy atom. The second-order valence-corrected chi connectivity index (χ2v) is 6.61. The Morgan fingerprint density at radius 2 is 2.00 bits per heavy atom. The van der Waals surface area contributed by atoms with E-state index in [0.29, 0.717) is 12.1 Å². The average Bonchev–Trinajstić information content (AvgIpc) is 2.37. The lowest BCUT2D eigenvalue weighted by Crippen LogP contribution is -2.27. The summed E-state index contributed by atoms with van der Waals surface area (Å²) >= 11 is 0. The number of hydrogen-bond acceptors (Lipinski definition) is 4. The Bertz CT molecular complexity index is 532. The molecule has 0 atom stereocenters. The largest absolute Gasteiger partial charge is 0.316 e. The van der Waals surface area contributed by atoms with Crippen LogP contribution >= 0.6 is 0 Å². The summed E-state index contributed by atoms with van der Waals surface area (Å²) in [6, 6.07) is 3.82. The van der Waals surface area contributed by atoms with E-state index < -0.39 is 15.8 Å². The highest BCUT2D eigenvalue weighted by molar-refractivity contribution is 7.89. The molecule has 20 heavy (non-hydrogen) atoms. The Hall–Kier alpha value is -1.02. The first-order valence-electron chi connectivity index (χ1n) is 6.44. The van der Waals surface area contributed by atoms with Gasteiger partial charge in [0.2, 0.25) is 10.0 Å². The molecule has 0 bridgehead atoms. The van der Waals surface area contributed by atoms with Crippen molar-refractivity contribution in [3.8, 4) is 0 Å².